The first kappa shape index (κ1) is 19.0. The Morgan fingerprint density at radius 2 is 1.68 bits per heavy atom. The highest BCUT2D eigenvalue weighted by Crippen LogP contribution is 2.28. The lowest BCUT2D eigenvalue weighted by Crippen LogP contribution is -2.42. The molecule has 1 aromatic carbocycles. The van der Waals surface area contributed by atoms with Gasteiger partial charge in [-0.25, -0.2) is 13.4 Å². The summed E-state index contributed by atoms with van der Waals surface area (Å²) in [5.41, 5.74) is 4.36. The molecule has 2 aromatic rings. The van der Waals surface area contributed by atoms with E-state index >= 15 is 0 Å². The van der Waals surface area contributed by atoms with Gasteiger partial charge in [0.2, 0.25) is 0 Å². The summed E-state index contributed by atoms with van der Waals surface area (Å²) in [4.78, 5) is 21.8. The molecule has 1 heterocycles. The molecule has 2 rings (SSSR count). The minimum absolute atomic E-state index is 0.0155. The number of carbonyl (C=O) groups excluding carboxylic acids is 1. The third-order valence-electron chi connectivity index (χ3n) is 3.69. The number of nitrogens with zero attached hydrogens (tertiary/aromatic N) is 2. The molecule has 0 aliphatic carbocycles. The molecule has 0 spiro atoms. The first-order chi connectivity index (χ1) is 11.5. The zero-order valence-electron chi connectivity index (χ0n) is 14.9. The van der Waals surface area contributed by atoms with Crippen LogP contribution in [0.15, 0.2) is 35.6 Å². The summed E-state index contributed by atoms with van der Waals surface area (Å²) in [5, 5.41) is 0. The Morgan fingerprint density at radius 1 is 1.08 bits per heavy atom. The van der Waals surface area contributed by atoms with E-state index in [0.717, 1.165) is 5.56 Å². The first-order valence-corrected chi connectivity index (χ1v) is 9.20. The van der Waals surface area contributed by atoms with Gasteiger partial charge in [-0.1, -0.05) is 32.9 Å². The highest BCUT2D eigenvalue weighted by molar-refractivity contribution is 7.89. The zero-order valence-corrected chi connectivity index (χ0v) is 15.7. The molecule has 0 atom stereocenters. The van der Waals surface area contributed by atoms with E-state index in [1.54, 1.807) is 13.8 Å². The molecule has 8 heteroatoms. The number of sulfonamides is 1. The van der Waals surface area contributed by atoms with Gasteiger partial charge in [0, 0.05) is 12.4 Å². The SMILES string of the molecule is Cc1cc(C(C)(C)C)cc(C)c1S(=O)(=O)NNC(=O)c1cnccn1. The van der Waals surface area contributed by atoms with Gasteiger partial charge in [-0.2, -0.15) is 0 Å². The molecule has 0 saturated carbocycles. The maximum atomic E-state index is 12.6. The monoisotopic (exact) mass is 362 g/mol. The number of aromatic nitrogens is 2. The van der Waals surface area contributed by atoms with Gasteiger partial charge in [-0.3, -0.25) is 15.2 Å². The normalized spacial score (nSPS) is 12.0. The minimum Gasteiger partial charge on any atom is -0.272 e. The van der Waals surface area contributed by atoms with Crippen molar-refractivity contribution in [2.24, 2.45) is 0 Å². The fraction of sp³-hybridized carbons (Fsp3) is 0.353. The highest BCUT2D eigenvalue weighted by atomic mass is 32.2. The number of nitrogens with one attached hydrogen (secondary N) is 2. The highest BCUT2D eigenvalue weighted by Gasteiger charge is 2.24. The quantitative estimate of drug-likeness (QED) is 0.810. The molecular formula is C17H22N4O3S. The molecule has 134 valence electrons. The van der Waals surface area contributed by atoms with Crippen molar-refractivity contribution in [2.45, 2.75) is 44.9 Å². The Morgan fingerprint density at radius 3 is 2.16 bits per heavy atom. The summed E-state index contributed by atoms with van der Waals surface area (Å²) in [6.07, 6.45) is 4.02. The summed E-state index contributed by atoms with van der Waals surface area (Å²) >= 11 is 0. The van der Waals surface area contributed by atoms with Crippen molar-refractivity contribution in [2.75, 3.05) is 0 Å². The van der Waals surface area contributed by atoms with E-state index in [1.165, 1.54) is 18.6 Å². The van der Waals surface area contributed by atoms with Gasteiger partial charge in [-0.15, -0.1) is 4.83 Å². The van der Waals surface area contributed by atoms with E-state index in [0.29, 0.717) is 11.1 Å². The molecule has 0 unspecified atom stereocenters. The average Bonchev–Trinajstić information content (AvgIpc) is 2.51. The fourth-order valence-electron chi connectivity index (χ4n) is 2.45. The van der Waals surface area contributed by atoms with E-state index in [-0.39, 0.29) is 16.0 Å². The number of hydrogen-bond acceptors (Lipinski definition) is 5. The average molecular weight is 362 g/mol. The van der Waals surface area contributed by atoms with Gasteiger partial charge < -0.3 is 0 Å². The molecule has 0 aliphatic rings. The molecule has 1 amide bonds. The van der Waals surface area contributed by atoms with Gasteiger partial charge in [0.05, 0.1) is 11.1 Å². The summed E-state index contributed by atoms with van der Waals surface area (Å²) in [5.74, 6) is -0.682. The van der Waals surface area contributed by atoms with Crippen molar-refractivity contribution >= 4 is 15.9 Å². The van der Waals surface area contributed by atoms with E-state index in [1.807, 2.05) is 12.1 Å². The molecule has 0 fully saturated rings. The van der Waals surface area contributed by atoms with Crippen LogP contribution in [0.1, 0.15) is 48.0 Å². The second kappa shape index (κ2) is 6.89. The molecular weight excluding hydrogens is 340 g/mol. The van der Waals surface area contributed by atoms with Crippen molar-refractivity contribution in [1.82, 2.24) is 20.2 Å². The lowest BCUT2D eigenvalue weighted by Gasteiger charge is -2.22. The fourth-order valence-corrected chi connectivity index (χ4v) is 3.75. The van der Waals surface area contributed by atoms with Crippen LogP contribution in [-0.2, 0) is 15.4 Å². The number of carbonyl (C=O) groups is 1. The largest absolute Gasteiger partial charge is 0.286 e. The third kappa shape index (κ3) is 4.40. The number of aryl methyl sites for hydroxylation is 2. The van der Waals surface area contributed by atoms with Crippen LogP contribution in [0.25, 0.3) is 0 Å². The molecule has 2 N–H and O–H groups in total. The van der Waals surface area contributed by atoms with Crippen LogP contribution in [0.4, 0.5) is 0 Å². The predicted molar refractivity (Wildman–Crippen MR) is 94.4 cm³/mol. The summed E-state index contributed by atoms with van der Waals surface area (Å²) in [7, 11) is -3.92. The second-order valence-corrected chi connectivity index (χ2v) is 8.46. The van der Waals surface area contributed by atoms with E-state index in [4.69, 9.17) is 0 Å². The number of amides is 1. The van der Waals surface area contributed by atoms with Crippen LogP contribution < -0.4 is 10.3 Å². The van der Waals surface area contributed by atoms with Gasteiger partial charge in [0.25, 0.3) is 15.9 Å². The number of hydrazine groups is 1. The van der Waals surface area contributed by atoms with Crippen LogP contribution in [-0.4, -0.2) is 24.3 Å². The Bertz CT molecular complexity index is 865. The van der Waals surface area contributed by atoms with Crippen molar-refractivity contribution in [3.8, 4) is 0 Å². The van der Waals surface area contributed by atoms with Gasteiger partial charge in [0.15, 0.2) is 0 Å². The van der Waals surface area contributed by atoms with Crippen molar-refractivity contribution in [3.05, 3.63) is 53.1 Å². The van der Waals surface area contributed by atoms with Crippen LogP contribution in [0.2, 0.25) is 0 Å². The Balaban J connectivity index is 2.27. The molecule has 0 aliphatic heterocycles. The van der Waals surface area contributed by atoms with E-state index < -0.39 is 15.9 Å². The smallest absolute Gasteiger partial charge is 0.272 e. The standard InChI is InChI=1S/C17H22N4O3S/c1-11-8-13(17(3,4)5)9-12(2)15(11)25(23,24)21-20-16(22)14-10-18-6-7-19-14/h6-10,21H,1-5H3,(H,20,22). The maximum Gasteiger partial charge on any atom is 0.286 e. The topological polar surface area (TPSA) is 101 Å². The molecule has 7 nitrogen and oxygen atoms in total. The molecule has 1 aromatic heterocycles. The summed E-state index contributed by atoms with van der Waals surface area (Å²) in [6, 6.07) is 3.71. The predicted octanol–water partition coefficient (Wildman–Crippen LogP) is 2.01. The molecule has 0 radical (unpaired) electrons. The first-order valence-electron chi connectivity index (χ1n) is 7.72. The second-order valence-electron chi connectivity index (χ2n) is 6.84. The van der Waals surface area contributed by atoms with Crippen LogP contribution in [0.5, 0.6) is 0 Å². The molecule has 0 saturated heterocycles. The molecule has 0 bridgehead atoms. The lowest BCUT2D eigenvalue weighted by molar-refractivity contribution is 0.0939. The summed E-state index contributed by atoms with van der Waals surface area (Å²) in [6.45, 7) is 9.67. The Labute approximate surface area is 147 Å². The van der Waals surface area contributed by atoms with Crippen molar-refractivity contribution in [1.29, 1.82) is 0 Å². The summed E-state index contributed by atoms with van der Waals surface area (Å²) < 4.78 is 25.2. The number of rotatable bonds is 4. The number of benzene rings is 1. The zero-order chi connectivity index (χ0) is 18.8. The number of hydrogen-bond donors (Lipinski definition) is 2. The van der Waals surface area contributed by atoms with Crippen LogP contribution in [0, 0.1) is 13.8 Å². The van der Waals surface area contributed by atoms with Crippen molar-refractivity contribution in [3.63, 3.8) is 0 Å². The minimum atomic E-state index is -3.92. The Kier molecular flexibility index (Phi) is 5.24. The van der Waals surface area contributed by atoms with E-state index in [2.05, 4.69) is 41.0 Å². The van der Waals surface area contributed by atoms with Gasteiger partial charge >= 0.3 is 0 Å². The van der Waals surface area contributed by atoms with Crippen molar-refractivity contribution < 1.29 is 13.2 Å². The third-order valence-corrected chi connectivity index (χ3v) is 5.24. The van der Waals surface area contributed by atoms with Gasteiger partial charge in [-0.05, 0) is 36.0 Å². The molecule has 25 heavy (non-hydrogen) atoms. The Hall–Kier alpha value is -2.32. The van der Waals surface area contributed by atoms with Crippen LogP contribution in [0.3, 0.4) is 0 Å². The van der Waals surface area contributed by atoms with Gasteiger partial charge in [0.1, 0.15) is 5.69 Å². The van der Waals surface area contributed by atoms with E-state index in [9.17, 15) is 13.2 Å². The maximum absolute atomic E-state index is 12.6. The van der Waals surface area contributed by atoms with Crippen LogP contribution >= 0.6 is 0 Å². The lowest BCUT2D eigenvalue weighted by atomic mass is 9.85.